The second kappa shape index (κ2) is 7.74. The number of sulfonamides is 1. The molecule has 0 unspecified atom stereocenters. The van der Waals surface area contributed by atoms with Crippen molar-refractivity contribution in [3.8, 4) is 0 Å². The number of benzene rings is 1. The predicted octanol–water partition coefficient (Wildman–Crippen LogP) is 2.97. The van der Waals surface area contributed by atoms with Crippen LogP contribution in [0.2, 0.25) is 0 Å². The summed E-state index contributed by atoms with van der Waals surface area (Å²) in [7, 11) is -3.49. The van der Waals surface area contributed by atoms with Crippen LogP contribution in [-0.2, 0) is 14.8 Å². The van der Waals surface area contributed by atoms with E-state index in [0.29, 0.717) is 6.54 Å². The molecule has 25 heavy (non-hydrogen) atoms. The molecule has 1 fully saturated rings. The van der Waals surface area contributed by atoms with Gasteiger partial charge in [0.25, 0.3) is 0 Å². The summed E-state index contributed by atoms with van der Waals surface area (Å²) >= 11 is 0. The molecule has 0 heterocycles. The fraction of sp³-hybridized carbons (Fsp3) is 0.611. The Kier molecular flexibility index (Phi) is 6.11. The Morgan fingerprint density at radius 2 is 1.84 bits per heavy atom. The number of hydrogen-bond acceptors (Lipinski definition) is 4. The molecular weight excluding hydrogens is 340 g/mol. The first kappa shape index (κ1) is 19.7. The van der Waals surface area contributed by atoms with Crippen molar-refractivity contribution >= 4 is 16.1 Å². The number of rotatable bonds is 5. The lowest BCUT2D eigenvalue weighted by Crippen LogP contribution is -2.38. The highest BCUT2D eigenvalue weighted by atomic mass is 32.2. The van der Waals surface area contributed by atoms with E-state index in [9.17, 15) is 13.2 Å². The Bertz CT molecular complexity index is 693. The van der Waals surface area contributed by atoms with Gasteiger partial charge in [-0.05, 0) is 65.0 Å². The van der Waals surface area contributed by atoms with Crippen molar-refractivity contribution < 1.29 is 17.9 Å². The van der Waals surface area contributed by atoms with Crippen LogP contribution < -0.4 is 10.0 Å². The first-order chi connectivity index (χ1) is 11.5. The summed E-state index contributed by atoms with van der Waals surface area (Å²) in [4.78, 5) is 12.1. The molecule has 0 spiro atoms. The zero-order valence-electron chi connectivity index (χ0n) is 15.3. The van der Waals surface area contributed by atoms with E-state index in [1.165, 1.54) is 0 Å². The first-order valence-electron chi connectivity index (χ1n) is 8.61. The maximum atomic E-state index is 12.3. The highest BCUT2D eigenvalue weighted by molar-refractivity contribution is 7.89. The van der Waals surface area contributed by atoms with Crippen molar-refractivity contribution in [2.45, 2.75) is 63.5 Å². The lowest BCUT2D eigenvalue weighted by molar-refractivity contribution is 0.0504. The minimum atomic E-state index is -3.49. The monoisotopic (exact) mass is 368 g/mol. The van der Waals surface area contributed by atoms with Crippen LogP contribution in [0.15, 0.2) is 29.2 Å². The summed E-state index contributed by atoms with van der Waals surface area (Å²) in [5.41, 5.74) is 0.497. The van der Waals surface area contributed by atoms with Crippen molar-refractivity contribution in [1.82, 2.24) is 10.0 Å². The Hall–Kier alpha value is -1.60. The van der Waals surface area contributed by atoms with Gasteiger partial charge >= 0.3 is 6.09 Å². The van der Waals surface area contributed by atoms with Crippen LogP contribution in [0.1, 0.15) is 45.6 Å². The highest BCUT2D eigenvalue weighted by Gasteiger charge is 2.28. The van der Waals surface area contributed by atoms with E-state index in [2.05, 4.69) is 10.0 Å². The number of nitrogens with one attached hydrogen (secondary N) is 2. The van der Waals surface area contributed by atoms with Crippen LogP contribution in [0, 0.1) is 12.8 Å². The molecule has 2 rings (SSSR count). The van der Waals surface area contributed by atoms with Gasteiger partial charge in [0.15, 0.2) is 0 Å². The molecule has 2 atom stereocenters. The molecular formula is C18H28N2O4S. The van der Waals surface area contributed by atoms with Gasteiger partial charge in [-0.15, -0.1) is 0 Å². The van der Waals surface area contributed by atoms with Gasteiger partial charge in [0.05, 0.1) is 4.90 Å². The molecule has 1 amide bonds. The zero-order chi connectivity index (χ0) is 18.7. The largest absolute Gasteiger partial charge is 0.444 e. The topological polar surface area (TPSA) is 84.5 Å². The van der Waals surface area contributed by atoms with Gasteiger partial charge in [-0.25, -0.2) is 17.9 Å². The smallest absolute Gasteiger partial charge is 0.407 e. The van der Waals surface area contributed by atoms with E-state index in [-0.39, 0.29) is 16.9 Å². The molecule has 1 aliphatic carbocycles. The molecule has 1 aliphatic rings. The van der Waals surface area contributed by atoms with Crippen molar-refractivity contribution in [1.29, 1.82) is 0 Å². The molecule has 0 bridgehead atoms. The van der Waals surface area contributed by atoms with E-state index in [4.69, 9.17) is 4.74 Å². The molecule has 7 heteroatoms. The Labute approximate surface area is 150 Å². The third-order valence-corrected chi connectivity index (χ3v) is 5.59. The van der Waals surface area contributed by atoms with Crippen LogP contribution in [0.5, 0.6) is 0 Å². The molecule has 1 aromatic carbocycles. The number of carbonyl (C=O) groups excluding carboxylic acids is 1. The third kappa shape index (κ3) is 6.32. The van der Waals surface area contributed by atoms with Gasteiger partial charge in [0, 0.05) is 12.6 Å². The minimum absolute atomic E-state index is 0.0312. The number of hydrogen-bond donors (Lipinski definition) is 2. The first-order valence-corrected chi connectivity index (χ1v) is 10.1. The van der Waals surface area contributed by atoms with Crippen molar-refractivity contribution in [3.05, 3.63) is 29.8 Å². The molecule has 0 aliphatic heterocycles. The van der Waals surface area contributed by atoms with Gasteiger partial charge in [-0.3, -0.25) is 0 Å². The molecule has 2 N–H and O–H groups in total. The summed E-state index contributed by atoms with van der Waals surface area (Å²) < 4.78 is 32.6. The van der Waals surface area contributed by atoms with Crippen LogP contribution in [-0.4, -0.2) is 32.7 Å². The second-order valence-corrected chi connectivity index (χ2v) is 9.45. The van der Waals surface area contributed by atoms with E-state index < -0.39 is 21.7 Å². The van der Waals surface area contributed by atoms with Crippen molar-refractivity contribution in [3.63, 3.8) is 0 Å². The van der Waals surface area contributed by atoms with Gasteiger partial charge in [-0.1, -0.05) is 17.7 Å². The number of alkyl carbamates (subject to hydrolysis) is 1. The van der Waals surface area contributed by atoms with Crippen molar-refractivity contribution in [2.24, 2.45) is 5.92 Å². The van der Waals surface area contributed by atoms with Crippen LogP contribution >= 0.6 is 0 Å². The van der Waals surface area contributed by atoms with Gasteiger partial charge in [-0.2, -0.15) is 0 Å². The molecule has 1 aromatic rings. The fourth-order valence-corrected chi connectivity index (χ4v) is 4.01. The van der Waals surface area contributed by atoms with Crippen molar-refractivity contribution in [2.75, 3.05) is 6.54 Å². The van der Waals surface area contributed by atoms with E-state index >= 15 is 0 Å². The standard InChI is InChI=1S/C18H28N2O4S/c1-13-5-9-16(10-6-13)25(22,23)19-12-14-7-8-15(11-14)20-17(21)24-18(2,3)4/h5-6,9-10,14-15,19H,7-8,11-12H2,1-4H3,(H,20,21)/t14-,15+/m0/s1. The number of amides is 1. The normalized spacial score (nSPS) is 21.1. The Morgan fingerprint density at radius 3 is 2.44 bits per heavy atom. The molecule has 0 radical (unpaired) electrons. The lowest BCUT2D eigenvalue weighted by atomic mass is 10.1. The van der Waals surface area contributed by atoms with Gasteiger partial charge in [0.1, 0.15) is 5.60 Å². The molecule has 6 nitrogen and oxygen atoms in total. The molecule has 1 saturated carbocycles. The Balaban J connectivity index is 1.81. The summed E-state index contributed by atoms with van der Waals surface area (Å²) in [5, 5.41) is 2.86. The van der Waals surface area contributed by atoms with Gasteiger partial charge in [0.2, 0.25) is 10.0 Å². The minimum Gasteiger partial charge on any atom is -0.444 e. The number of aryl methyl sites for hydroxylation is 1. The third-order valence-electron chi connectivity index (χ3n) is 4.16. The summed E-state index contributed by atoms with van der Waals surface area (Å²) in [6.07, 6.45) is 2.03. The Morgan fingerprint density at radius 1 is 1.20 bits per heavy atom. The van der Waals surface area contributed by atoms with Gasteiger partial charge < -0.3 is 10.1 Å². The van der Waals surface area contributed by atoms with E-state index in [0.717, 1.165) is 24.8 Å². The number of ether oxygens (including phenoxy) is 1. The van der Waals surface area contributed by atoms with E-state index in [1.54, 1.807) is 24.3 Å². The average Bonchev–Trinajstić information content (AvgIpc) is 2.91. The zero-order valence-corrected chi connectivity index (χ0v) is 16.2. The highest BCUT2D eigenvalue weighted by Crippen LogP contribution is 2.26. The summed E-state index contributed by atoms with van der Waals surface area (Å²) in [6.45, 7) is 7.76. The number of carbonyl (C=O) groups is 1. The molecule has 140 valence electrons. The van der Waals surface area contributed by atoms with Crippen LogP contribution in [0.3, 0.4) is 0 Å². The predicted molar refractivity (Wildman–Crippen MR) is 96.9 cm³/mol. The fourth-order valence-electron chi connectivity index (χ4n) is 2.89. The summed E-state index contributed by atoms with van der Waals surface area (Å²) in [5.74, 6) is 0.208. The maximum absolute atomic E-state index is 12.3. The second-order valence-electron chi connectivity index (χ2n) is 7.69. The van der Waals surface area contributed by atoms with E-state index in [1.807, 2.05) is 27.7 Å². The SMILES string of the molecule is Cc1ccc(S(=O)(=O)NC[C@H]2CC[C@@H](NC(=O)OC(C)(C)C)C2)cc1. The van der Waals surface area contributed by atoms with Crippen LogP contribution in [0.25, 0.3) is 0 Å². The molecule has 0 aromatic heterocycles. The summed E-state index contributed by atoms with van der Waals surface area (Å²) in [6, 6.07) is 6.82. The lowest BCUT2D eigenvalue weighted by Gasteiger charge is -2.21. The maximum Gasteiger partial charge on any atom is 0.407 e. The van der Waals surface area contributed by atoms with Crippen LogP contribution in [0.4, 0.5) is 4.79 Å². The average molecular weight is 368 g/mol. The quantitative estimate of drug-likeness (QED) is 0.837. The molecule has 0 saturated heterocycles.